The first-order valence-electron chi connectivity index (χ1n) is 7.31. The molecule has 0 aromatic heterocycles. The first-order valence-corrected chi connectivity index (χ1v) is 7.31. The second-order valence-corrected chi connectivity index (χ2v) is 5.99. The zero-order valence-electron chi connectivity index (χ0n) is 13.3. The molecule has 0 aliphatic heterocycles. The minimum absolute atomic E-state index is 0.141. The summed E-state index contributed by atoms with van der Waals surface area (Å²) in [6.45, 7) is 5.10. The van der Waals surface area contributed by atoms with Gasteiger partial charge in [-0.05, 0) is 45.3 Å². The molecule has 0 saturated carbocycles. The van der Waals surface area contributed by atoms with E-state index < -0.39 is 23.6 Å². The summed E-state index contributed by atoms with van der Waals surface area (Å²) in [5.41, 5.74) is 0.253. The minimum Gasteiger partial charge on any atom is -0.444 e. The summed E-state index contributed by atoms with van der Waals surface area (Å²) in [5, 5.41) is 11.3. The lowest BCUT2D eigenvalue weighted by molar-refractivity contribution is 0.0506. The van der Waals surface area contributed by atoms with Gasteiger partial charge in [0.15, 0.2) is 0 Å². The molecule has 1 aromatic carbocycles. The van der Waals surface area contributed by atoms with Crippen LogP contribution in [0.4, 0.5) is 9.18 Å². The van der Waals surface area contributed by atoms with E-state index in [4.69, 9.17) is 9.84 Å². The number of halogens is 1. The van der Waals surface area contributed by atoms with Crippen LogP contribution in [0.3, 0.4) is 0 Å². The Balaban J connectivity index is 2.80. The van der Waals surface area contributed by atoms with Crippen molar-refractivity contribution in [2.45, 2.75) is 45.3 Å². The standard InChI is InChI=1S/C17H24FNO3/c1-17(2,3)22-16(21)19-15(14(18)10-7-11-20)12-13-8-5-4-6-9-13/h4-6,8-10,15,20H,7,11-12H2,1-3H3,(H,19,21)/b14-10-. The molecule has 1 unspecified atom stereocenters. The van der Waals surface area contributed by atoms with E-state index in [1.807, 2.05) is 30.3 Å². The van der Waals surface area contributed by atoms with Gasteiger partial charge in [0.1, 0.15) is 11.4 Å². The van der Waals surface area contributed by atoms with Crippen molar-refractivity contribution in [3.63, 3.8) is 0 Å². The highest BCUT2D eigenvalue weighted by Gasteiger charge is 2.22. The van der Waals surface area contributed by atoms with Gasteiger partial charge in [-0.3, -0.25) is 0 Å². The number of rotatable bonds is 6. The Morgan fingerprint density at radius 2 is 2.00 bits per heavy atom. The molecule has 0 spiro atoms. The monoisotopic (exact) mass is 309 g/mol. The number of aliphatic hydroxyl groups excluding tert-OH is 1. The predicted octanol–water partition coefficient (Wildman–Crippen LogP) is 3.36. The van der Waals surface area contributed by atoms with Crippen LogP contribution in [-0.4, -0.2) is 29.4 Å². The lowest BCUT2D eigenvalue weighted by Gasteiger charge is -2.23. The molecule has 0 aliphatic carbocycles. The number of benzene rings is 1. The number of hydrogen-bond acceptors (Lipinski definition) is 3. The summed E-state index contributed by atoms with van der Waals surface area (Å²) in [5.74, 6) is -0.483. The number of amides is 1. The fraction of sp³-hybridized carbons (Fsp3) is 0.471. The Morgan fingerprint density at radius 3 is 2.55 bits per heavy atom. The predicted molar refractivity (Wildman–Crippen MR) is 84.2 cm³/mol. The zero-order valence-corrected chi connectivity index (χ0v) is 13.3. The smallest absolute Gasteiger partial charge is 0.408 e. The van der Waals surface area contributed by atoms with Gasteiger partial charge in [0.2, 0.25) is 0 Å². The van der Waals surface area contributed by atoms with Crippen molar-refractivity contribution < 1.29 is 19.0 Å². The van der Waals surface area contributed by atoms with Gasteiger partial charge in [-0.15, -0.1) is 0 Å². The second kappa shape index (κ2) is 8.54. The maximum atomic E-state index is 14.2. The molecular formula is C17H24FNO3. The molecule has 1 aromatic rings. The van der Waals surface area contributed by atoms with E-state index in [9.17, 15) is 9.18 Å². The van der Waals surface area contributed by atoms with Crippen LogP contribution in [0.5, 0.6) is 0 Å². The average Bonchev–Trinajstić information content (AvgIpc) is 2.43. The third kappa shape index (κ3) is 7.22. The van der Waals surface area contributed by atoms with Crippen LogP contribution in [0.1, 0.15) is 32.8 Å². The Hall–Kier alpha value is -1.88. The number of hydrogen-bond donors (Lipinski definition) is 2. The van der Waals surface area contributed by atoms with Gasteiger partial charge in [0, 0.05) is 6.61 Å². The maximum Gasteiger partial charge on any atom is 0.408 e. The van der Waals surface area contributed by atoms with Crippen LogP contribution >= 0.6 is 0 Å². The molecule has 0 aliphatic rings. The van der Waals surface area contributed by atoms with E-state index in [-0.39, 0.29) is 13.0 Å². The fourth-order valence-corrected chi connectivity index (χ4v) is 1.86. The molecule has 5 heteroatoms. The SMILES string of the molecule is CC(C)(C)OC(=O)NC(Cc1ccccc1)/C(F)=C/CCO. The third-order valence-corrected chi connectivity index (χ3v) is 2.77. The van der Waals surface area contributed by atoms with Crippen molar-refractivity contribution in [2.75, 3.05) is 6.61 Å². The lowest BCUT2D eigenvalue weighted by atomic mass is 10.0. The van der Waals surface area contributed by atoms with Crippen molar-refractivity contribution in [3.8, 4) is 0 Å². The highest BCUT2D eigenvalue weighted by Crippen LogP contribution is 2.14. The molecule has 4 nitrogen and oxygen atoms in total. The summed E-state index contributed by atoms with van der Waals surface area (Å²) >= 11 is 0. The van der Waals surface area contributed by atoms with Gasteiger partial charge in [-0.25, -0.2) is 9.18 Å². The van der Waals surface area contributed by atoms with E-state index >= 15 is 0 Å². The Labute approximate surface area is 131 Å². The number of carbonyl (C=O) groups is 1. The molecule has 22 heavy (non-hydrogen) atoms. The van der Waals surface area contributed by atoms with E-state index in [0.717, 1.165) is 5.56 Å². The van der Waals surface area contributed by atoms with Crippen molar-refractivity contribution in [2.24, 2.45) is 0 Å². The number of alkyl carbamates (subject to hydrolysis) is 1. The lowest BCUT2D eigenvalue weighted by Crippen LogP contribution is -2.40. The van der Waals surface area contributed by atoms with E-state index in [2.05, 4.69) is 5.32 Å². The fourth-order valence-electron chi connectivity index (χ4n) is 1.86. The van der Waals surface area contributed by atoms with Crippen LogP contribution in [-0.2, 0) is 11.2 Å². The van der Waals surface area contributed by atoms with E-state index in [1.165, 1.54) is 6.08 Å². The first-order chi connectivity index (χ1) is 10.3. The molecule has 0 heterocycles. The first kappa shape index (κ1) is 18.2. The molecular weight excluding hydrogens is 285 g/mol. The Bertz CT molecular complexity index is 494. The number of aliphatic hydroxyl groups is 1. The highest BCUT2D eigenvalue weighted by atomic mass is 19.1. The molecule has 0 bridgehead atoms. The summed E-state index contributed by atoms with van der Waals surface area (Å²) in [4.78, 5) is 11.9. The zero-order chi connectivity index (χ0) is 16.6. The second-order valence-electron chi connectivity index (χ2n) is 5.99. The van der Waals surface area contributed by atoms with Gasteiger partial charge in [-0.1, -0.05) is 30.3 Å². The van der Waals surface area contributed by atoms with Gasteiger partial charge in [0.05, 0.1) is 6.04 Å². The molecule has 0 fully saturated rings. The van der Waals surface area contributed by atoms with Crippen molar-refractivity contribution in [1.29, 1.82) is 0 Å². The molecule has 122 valence electrons. The van der Waals surface area contributed by atoms with Gasteiger partial charge in [-0.2, -0.15) is 0 Å². The molecule has 1 atom stereocenters. The summed E-state index contributed by atoms with van der Waals surface area (Å²) in [7, 11) is 0. The molecule has 1 amide bonds. The summed E-state index contributed by atoms with van der Waals surface area (Å²) in [6.07, 6.45) is 1.13. The van der Waals surface area contributed by atoms with Crippen LogP contribution in [0.2, 0.25) is 0 Å². The Morgan fingerprint density at radius 1 is 1.36 bits per heavy atom. The number of ether oxygens (including phenoxy) is 1. The normalized spacial score (nSPS) is 13.6. The quantitative estimate of drug-likeness (QED) is 0.847. The molecule has 1 rings (SSSR count). The average molecular weight is 309 g/mol. The summed E-state index contributed by atoms with van der Waals surface area (Å²) < 4.78 is 19.4. The van der Waals surface area contributed by atoms with Crippen LogP contribution in [0.25, 0.3) is 0 Å². The van der Waals surface area contributed by atoms with Gasteiger partial charge in [0.25, 0.3) is 0 Å². The summed E-state index contributed by atoms with van der Waals surface area (Å²) in [6, 6.07) is 8.50. The van der Waals surface area contributed by atoms with E-state index in [1.54, 1.807) is 20.8 Å². The molecule has 0 saturated heterocycles. The van der Waals surface area contributed by atoms with Crippen LogP contribution in [0, 0.1) is 0 Å². The van der Waals surface area contributed by atoms with Gasteiger partial charge >= 0.3 is 6.09 Å². The minimum atomic E-state index is -0.816. The third-order valence-electron chi connectivity index (χ3n) is 2.77. The Kier molecular flexibility index (Phi) is 7.05. The van der Waals surface area contributed by atoms with Crippen LogP contribution < -0.4 is 5.32 Å². The van der Waals surface area contributed by atoms with Gasteiger partial charge < -0.3 is 15.2 Å². The number of carbonyl (C=O) groups excluding carboxylic acids is 1. The molecule has 0 radical (unpaired) electrons. The topological polar surface area (TPSA) is 58.6 Å². The number of nitrogens with one attached hydrogen (secondary N) is 1. The van der Waals surface area contributed by atoms with Crippen molar-refractivity contribution in [1.82, 2.24) is 5.32 Å². The maximum absolute atomic E-state index is 14.2. The largest absolute Gasteiger partial charge is 0.444 e. The van der Waals surface area contributed by atoms with Crippen molar-refractivity contribution >= 4 is 6.09 Å². The van der Waals surface area contributed by atoms with Crippen molar-refractivity contribution in [3.05, 3.63) is 47.8 Å². The highest BCUT2D eigenvalue weighted by molar-refractivity contribution is 5.68. The van der Waals surface area contributed by atoms with E-state index in [0.29, 0.717) is 6.42 Å². The van der Waals surface area contributed by atoms with Crippen LogP contribution in [0.15, 0.2) is 42.2 Å². The molecule has 2 N–H and O–H groups in total.